The number of aliphatic carboxylic acids is 1. The lowest BCUT2D eigenvalue weighted by atomic mass is 10.1. The van der Waals surface area contributed by atoms with Crippen LogP contribution in [0.15, 0.2) is 24.3 Å². The number of carbonyl (C=O) groups is 2. The van der Waals surface area contributed by atoms with Gasteiger partial charge in [-0.2, -0.15) is 0 Å². The van der Waals surface area contributed by atoms with Crippen molar-refractivity contribution < 1.29 is 14.7 Å². The van der Waals surface area contributed by atoms with Crippen molar-refractivity contribution in [2.45, 2.75) is 38.6 Å². The van der Waals surface area contributed by atoms with Crippen LogP contribution in [0.5, 0.6) is 0 Å². The van der Waals surface area contributed by atoms with Crippen LogP contribution in [0.2, 0.25) is 5.02 Å². The molecule has 0 aliphatic heterocycles. The first-order chi connectivity index (χ1) is 9.02. The van der Waals surface area contributed by atoms with Gasteiger partial charge in [0.2, 0.25) is 5.91 Å². The molecule has 1 unspecified atom stereocenters. The van der Waals surface area contributed by atoms with E-state index in [1.165, 1.54) is 0 Å². The third-order valence-corrected chi connectivity index (χ3v) is 3.10. The second-order valence-electron chi connectivity index (χ2n) is 4.42. The fourth-order valence-corrected chi connectivity index (χ4v) is 2.08. The van der Waals surface area contributed by atoms with Gasteiger partial charge in [-0.05, 0) is 18.1 Å². The first kappa shape index (κ1) is 15.5. The Morgan fingerprint density at radius 1 is 1.37 bits per heavy atom. The highest BCUT2D eigenvalue weighted by molar-refractivity contribution is 6.31. The van der Waals surface area contributed by atoms with Crippen LogP contribution < -0.4 is 5.32 Å². The molecule has 2 N–H and O–H groups in total. The zero-order chi connectivity index (χ0) is 14.3. The largest absolute Gasteiger partial charge is 0.481 e. The van der Waals surface area contributed by atoms with Gasteiger partial charge in [-0.3, -0.25) is 9.59 Å². The lowest BCUT2D eigenvalue weighted by Crippen LogP contribution is -2.37. The van der Waals surface area contributed by atoms with E-state index in [4.69, 9.17) is 16.7 Å². The molecule has 1 aromatic carbocycles. The van der Waals surface area contributed by atoms with E-state index >= 15 is 0 Å². The van der Waals surface area contributed by atoms with Crippen LogP contribution in [0.3, 0.4) is 0 Å². The molecule has 0 aliphatic rings. The fraction of sp³-hybridized carbons (Fsp3) is 0.429. The molecule has 0 radical (unpaired) electrons. The van der Waals surface area contributed by atoms with Gasteiger partial charge < -0.3 is 10.4 Å². The molecule has 0 saturated carbocycles. The Morgan fingerprint density at radius 3 is 2.63 bits per heavy atom. The van der Waals surface area contributed by atoms with E-state index in [2.05, 4.69) is 5.32 Å². The summed E-state index contributed by atoms with van der Waals surface area (Å²) in [6, 6.07) is 6.81. The minimum Gasteiger partial charge on any atom is -0.481 e. The van der Waals surface area contributed by atoms with Gasteiger partial charge in [0.1, 0.15) is 0 Å². The monoisotopic (exact) mass is 283 g/mol. The number of rotatable bonds is 7. The highest BCUT2D eigenvalue weighted by atomic mass is 35.5. The van der Waals surface area contributed by atoms with E-state index in [9.17, 15) is 9.59 Å². The molecule has 0 saturated heterocycles. The second-order valence-corrected chi connectivity index (χ2v) is 4.83. The number of benzene rings is 1. The maximum atomic E-state index is 11.9. The number of carbonyl (C=O) groups excluding carboxylic acids is 1. The van der Waals surface area contributed by atoms with Crippen LogP contribution in [-0.4, -0.2) is 23.0 Å². The zero-order valence-electron chi connectivity index (χ0n) is 10.9. The van der Waals surface area contributed by atoms with Crippen molar-refractivity contribution in [3.63, 3.8) is 0 Å². The Hall–Kier alpha value is -1.55. The third-order valence-electron chi connectivity index (χ3n) is 2.73. The molecule has 0 aromatic heterocycles. The third kappa shape index (κ3) is 5.75. The summed E-state index contributed by atoms with van der Waals surface area (Å²) in [5.74, 6) is -1.11. The quantitative estimate of drug-likeness (QED) is 0.808. The second kappa shape index (κ2) is 7.79. The van der Waals surface area contributed by atoms with E-state index in [1.54, 1.807) is 18.2 Å². The normalized spacial score (nSPS) is 11.9. The van der Waals surface area contributed by atoms with Crippen LogP contribution in [0.1, 0.15) is 31.7 Å². The van der Waals surface area contributed by atoms with Gasteiger partial charge in [0.15, 0.2) is 0 Å². The summed E-state index contributed by atoms with van der Waals surface area (Å²) in [5, 5.41) is 12.1. The SMILES string of the molecule is CCCC(CC(=O)O)NC(=O)Cc1ccccc1Cl. The predicted octanol–water partition coefficient (Wildman–Crippen LogP) is 2.64. The summed E-state index contributed by atoms with van der Waals surface area (Å²) in [5.41, 5.74) is 0.743. The van der Waals surface area contributed by atoms with E-state index in [0.717, 1.165) is 12.0 Å². The molecule has 1 aromatic rings. The van der Waals surface area contributed by atoms with Gasteiger partial charge in [0, 0.05) is 11.1 Å². The summed E-state index contributed by atoms with van der Waals surface area (Å²) < 4.78 is 0. The minimum atomic E-state index is -0.906. The van der Waals surface area contributed by atoms with Crippen LogP contribution in [-0.2, 0) is 16.0 Å². The summed E-state index contributed by atoms with van der Waals surface area (Å²) in [4.78, 5) is 22.6. The van der Waals surface area contributed by atoms with E-state index in [0.29, 0.717) is 11.4 Å². The lowest BCUT2D eigenvalue weighted by molar-refractivity contribution is -0.137. The van der Waals surface area contributed by atoms with Gasteiger partial charge in [-0.1, -0.05) is 43.1 Å². The average molecular weight is 284 g/mol. The van der Waals surface area contributed by atoms with Crippen molar-refractivity contribution in [1.29, 1.82) is 0 Å². The van der Waals surface area contributed by atoms with Crippen LogP contribution in [0.4, 0.5) is 0 Å². The number of carboxylic acids is 1. The Morgan fingerprint density at radius 2 is 2.05 bits per heavy atom. The molecule has 1 amide bonds. The van der Waals surface area contributed by atoms with Crippen molar-refractivity contribution >= 4 is 23.5 Å². The number of halogens is 1. The molecule has 1 atom stereocenters. The molecule has 1 rings (SSSR count). The molecule has 0 heterocycles. The molecule has 4 nitrogen and oxygen atoms in total. The summed E-state index contributed by atoms with van der Waals surface area (Å²) in [6.45, 7) is 1.95. The fourth-order valence-electron chi connectivity index (χ4n) is 1.88. The lowest BCUT2D eigenvalue weighted by Gasteiger charge is -2.16. The summed E-state index contributed by atoms with van der Waals surface area (Å²) in [7, 11) is 0. The maximum Gasteiger partial charge on any atom is 0.305 e. The zero-order valence-corrected chi connectivity index (χ0v) is 11.6. The molecule has 5 heteroatoms. The van der Waals surface area contributed by atoms with Crippen molar-refractivity contribution in [2.24, 2.45) is 0 Å². The Balaban J connectivity index is 2.57. The van der Waals surface area contributed by atoms with Gasteiger partial charge in [-0.15, -0.1) is 0 Å². The van der Waals surface area contributed by atoms with Crippen LogP contribution in [0.25, 0.3) is 0 Å². The number of carboxylic acid groups (broad SMARTS) is 1. The molecule has 19 heavy (non-hydrogen) atoms. The minimum absolute atomic E-state index is 0.0535. The number of nitrogens with one attached hydrogen (secondary N) is 1. The predicted molar refractivity (Wildman–Crippen MR) is 74.2 cm³/mol. The number of hydrogen-bond acceptors (Lipinski definition) is 2. The van der Waals surface area contributed by atoms with Gasteiger partial charge in [0.05, 0.1) is 12.8 Å². The summed E-state index contributed by atoms with van der Waals surface area (Å²) in [6.07, 6.45) is 1.59. The van der Waals surface area contributed by atoms with Gasteiger partial charge in [-0.25, -0.2) is 0 Å². The highest BCUT2D eigenvalue weighted by Crippen LogP contribution is 2.15. The van der Waals surface area contributed by atoms with E-state index in [1.807, 2.05) is 13.0 Å². The summed E-state index contributed by atoms with van der Waals surface area (Å²) >= 11 is 5.98. The molecule has 0 spiro atoms. The van der Waals surface area contributed by atoms with Crippen molar-refractivity contribution in [3.8, 4) is 0 Å². The first-order valence-electron chi connectivity index (χ1n) is 6.27. The number of hydrogen-bond donors (Lipinski definition) is 2. The smallest absolute Gasteiger partial charge is 0.305 e. The molecule has 0 bridgehead atoms. The average Bonchev–Trinajstić information content (AvgIpc) is 2.31. The van der Waals surface area contributed by atoms with Crippen molar-refractivity contribution in [1.82, 2.24) is 5.32 Å². The highest BCUT2D eigenvalue weighted by Gasteiger charge is 2.15. The Bertz CT molecular complexity index is 448. The van der Waals surface area contributed by atoms with E-state index in [-0.39, 0.29) is 24.8 Å². The van der Waals surface area contributed by atoms with E-state index < -0.39 is 5.97 Å². The maximum absolute atomic E-state index is 11.9. The molecule has 0 fully saturated rings. The van der Waals surface area contributed by atoms with Gasteiger partial charge >= 0.3 is 5.97 Å². The van der Waals surface area contributed by atoms with Crippen LogP contribution >= 0.6 is 11.6 Å². The van der Waals surface area contributed by atoms with Gasteiger partial charge in [0.25, 0.3) is 0 Å². The standard InChI is InChI=1S/C14H18ClNO3/c1-2-5-11(9-14(18)19)16-13(17)8-10-6-3-4-7-12(10)15/h3-4,6-7,11H,2,5,8-9H2,1H3,(H,16,17)(H,18,19). The van der Waals surface area contributed by atoms with Crippen LogP contribution in [0, 0.1) is 0 Å². The Labute approximate surface area is 117 Å². The van der Waals surface area contributed by atoms with Crippen molar-refractivity contribution in [2.75, 3.05) is 0 Å². The molecule has 104 valence electrons. The Kier molecular flexibility index (Phi) is 6.36. The molecule has 0 aliphatic carbocycles. The first-order valence-corrected chi connectivity index (χ1v) is 6.65. The number of amides is 1. The topological polar surface area (TPSA) is 66.4 Å². The molecular weight excluding hydrogens is 266 g/mol. The molecular formula is C14H18ClNO3. The van der Waals surface area contributed by atoms with Crippen molar-refractivity contribution in [3.05, 3.63) is 34.9 Å².